The summed E-state index contributed by atoms with van der Waals surface area (Å²) in [5.41, 5.74) is 5.55. The topological polar surface area (TPSA) is 107 Å². The summed E-state index contributed by atoms with van der Waals surface area (Å²) in [5, 5.41) is 13.8. The van der Waals surface area contributed by atoms with Crippen LogP contribution in [-0.4, -0.2) is 23.0 Å². The first-order chi connectivity index (χ1) is 9.79. The molecule has 3 N–H and O–H groups in total. The number of hydrogen-bond donors (Lipinski definition) is 2. The Morgan fingerprint density at radius 3 is 2.67 bits per heavy atom. The lowest BCUT2D eigenvalue weighted by molar-refractivity contribution is -0.385. The highest BCUT2D eigenvalue weighted by Gasteiger charge is 2.20. The van der Waals surface area contributed by atoms with Crippen LogP contribution in [0, 0.1) is 10.1 Å². The molecular formula is C14H21N3O4. The van der Waals surface area contributed by atoms with Gasteiger partial charge < -0.3 is 15.8 Å². The van der Waals surface area contributed by atoms with Crippen molar-refractivity contribution in [1.29, 1.82) is 0 Å². The molecule has 116 valence electrons. The number of carbonyl (C=O) groups excluding carboxylic acids is 1. The van der Waals surface area contributed by atoms with Crippen LogP contribution < -0.4 is 15.8 Å². The van der Waals surface area contributed by atoms with Crippen LogP contribution in [0.25, 0.3) is 0 Å². The molecule has 0 bridgehead atoms. The zero-order chi connectivity index (χ0) is 16.0. The molecular weight excluding hydrogens is 274 g/mol. The third kappa shape index (κ3) is 5.03. The molecule has 1 aromatic rings. The quantitative estimate of drug-likeness (QED) is 0.588. The van der Waals surface area contributed by atoms with Crippen molar-refractivity contribution in [3.63, 3.8) is 0 Å². The number of ether oxygens (including phenoxy) is 1. The summed E-state index contributed by atoms with van der Waals surface area (Å²) in [7, 11) is 0. The largest absolute Gasteiger partial charge is 0.477 e. The number of nitro groups is 1. The van der Waals surface area contributed by atoms with E-state index in [0.717, 1.165) is 6.42 Å². The zero-order valence-electron chi connectivity index (χ0n) is 12.5. The number of nitro benzene ring substituents is 1. The maximum Gasteiger partial charge on any atom is 0.311 e. The number of benzene rings is 1. The van der Waals surface area contributed by atoms with Gasteiger partial charge in [-0.05, 0) is 31.9 Å². The van der Waals surface area contributed by atoms with Crippen molar-refractivity contribution in [2.45, 2.75) is 39.3 Å². The Bertz CT molecular complexity index is 529. The minimum atomic E-state index is -0.553. The fourth-order valence-corrected chi connectivity index (χ4v) is 1.60. The molecule has 1 aromatic carbocycles. The van der Waals surface area contributed by atoms with Crippen molar-refractivity contribution in [3.8, 4) is 5.75 Å². The van der Waals surface area contributed by atoms with Gasteiger partial charge in [0.15, 0.2) is 12.4 Å². The summed E-state index contributed by atoms with van der Waals surface area (Å²) in [6, 6.07) is 4.44. The fraction of sp³-hybridized carbons (Fsp3) is 0.500. The van der Waals surface area contributed by atoms with E-state index in [4.69, 9.17) is 10.5 Å². The molecule has 0 heterocycles. The Morgan fingerprint density at radius 2 is 2.14 bits per heavy atom. The van der Waals surface area contributed by atoms with Crippen molar-refractivity contribution < 1.29 is 14.5 Å². The molecule has 1 rings (SSSR count). The molecule has 0 saturated carbocycles. The Hall–Kier alpha value is -2.15. The molecule has 21 heavy (non-hydrogen) atoms. The lowest BCUT2D eigenvalue weighted by atomic mass is 10.0. The Labute approximate surface area is 123 Å². The number of nitrogens with zero attached hydrogens (tertiary/aromatic N) is 1. The molecule has 0 aromatic heterocycles. The molecule has 0 saturated heterocycles. The van der Waals surface area contributed by atoms with E-state index in [1.807, 2.05) is 20.8 Å². The molecule has 0 unspecified atom stereocenters. The van der Waals surface area contributed by atoms with Crippen LogP contribution in [0.2, 0.25) is 0 Å². The molecule has 0 atom stereocenters. The van der Waals surface area contributed by atoms with Crippen LogP contribution in [-0.2, 0) is 11.3 Å². The number of nitrogens with one attached hydrogen (secondary N) is 1. The Morgan fingerprint density at radius 1 is 1.48 bits per heavy atom. The molecule has 1 amide bonds. The predicted molar refractivity (Wildman–Crippen MR) is 79.0 cm³/mol. The second-order valence-corrected chi connectivity index (χ2v) is 5.34. The molecule has 0 aliphatic rings. The standard InChI is InChI=1S/C14H21N3O4/c1-4-14(2,3)16-13(18)9-21-12-6-5-10(8-15)7-11(12)17(19)20/h5-7H,4,8-9,15H2,1-3H3,(H,16,18). The molecule has 0 radical (unpaired) electrons. The monoisotopic (exact) mass is 295 g/mol. The Balaban J connectivity index is 2.75. The minimum absolute atomic E-state index is 0.0571. The van der Waals surface area contributed by atoms with Crippen LogP contribution in [0.3, 0.4) is 0 Å². The van der Waals surface area contributed by atoms with Crippen LogP contribution in [0.5, 0.6) is 5.75 Å². The van der Waals surface area contributed by atoms with Crippen molar-refractivity contribution in [3.05, 3.63) is 33.9 Å². The van der Waals surface area contributed by atoms with Crippen molar-refractivity contribution >= 4 is 11.6 Å². The van der Waals surface area contributed by atoms with Crippen molar-refractivity contribution in [1.82, 2.24) is 5.32 Å². The van der Waals surface area contributed by atoms with Gasteiger partial charge >= 0.3 is 5.69 Å². The maximum absolute atomic E-state index is 11.8. The third-order valence-corrected chi connectivity index (χ3v) is 3.18. The number of hydrogen-bond acceptors (Lipinski definition) is 5. The van der Waals surface area contributed by atoms with Gasteiger partial charge in [-0.1, -0.05) is 13.0 Å². The first-order valence-corrected chi connectivity index (χ1v) is 6.70. The summed E-state index contributed by atoms with van der Waals surface area (Å²) < 4.78 is 5.26. The highest BCUT2D eigenvalue weighted by Crippen LogP contribution is 2.27. The van der Waals surface area contributed by atoms with Gasteiger partial charge in [0, 0.05) is 18.2 Å². The van der Waals surface area contributed by atoms with Gasteiger partial charge in [-0.3, -0.25) is 14.9 Å². The smallest absolute Gasteiger partial charge is 0.311 e. The normalized spacial score (nSPS) is 11.0. The van der Waals surface area contributed by atoms with Crippen LogP contribution >= 0.6 is 0 Å². The number of rotatable bonds is 7. The molecule has 0 aliphatic heterocycles. The molecule has 7 nitrogen and oxygen atoms in total. The average molecular weight is 295 g/mol. The lowest BCUT2D eigenvalue weighted by Crippen LogP contribution is -2.44. The van der Waals surface area contributed by atoms with E-state index in [0.29, 0.717) is 5.56 Å². The Kier molecular flexibility index (Phi) is 5.66. The van der Waals surface area contributed by atoms with E-state index in [1.54, 1.807) is 6.07 Å². The minimum Gasteiger partial charge on any atom is -0.477 e. The summed E-state index contributed by atoms with van der Waals surface area (Å²) in [6.07, 6.45) is 0.768. The number of amides is 1. The van der Waals surface area contributed by atoms with Crippen molar-refractivity contribution in [2.24, 2.45) is 5.73 Å². The highest BCUT2D eigenvalue weighted by atomic mass is 16.6. The van der Waals surface area contributed by atoms with Gasteiger partial charge in [-0.15, -0.1) is 0 Å². The van der Waals surface area contributed by atoms with Crippen LogP contribution in [0.15, 0.2) is 18.2 Å². The second kappa shape index (κ2) is 7.03. The maximum atomic E-state index is 11.8. The molecule has 0 fully saturated rings. The number of carbonyl (C=O) groups is 1. The van der Waals surface area contributed by atoms with E-state index in [-0.39, 0.29) is 36.0 Å². The predicted octanol–water partition coefficient (Wildman–Crippen LogP) is 1.74. The first kappa shape index (κ1) is 16.9. The van der Waals surface area contributed by atoms with Gasteiger partial charge in [-0.2, -0.15) is 0 Å². The van der Waals surface area contributed by atoms with E-state index in [1.165, 1.54) is 12.1 Å². The summed E-state index contributed by atoms with van der Waals surface area (Å²) in [6.45, 7) is 5.67. The van der Waals surface area contributed by atoms with Crippen molar-refractivity contribution in [2.75, 3.05) is 6.61 Å². The summed E-state index contributed by atoms with van der Waals surface area (Å²) in [5.74, 6) is -0.263. The van der Waals surface area contributed by atoms with E-state index in [2.05, 4.69) is 5.32 Å². The molecule has 7 heteroatoms. The summed E-state index contributed by atoms with van der Waals surface area (Å²) >= 11 is 0. The fourth-order valence-electron chi connectivity index (χ4n) is 1.60. The third-order valence-electron chi connectivity index (χ3n) is 3.18. The van der Waals surface area contributed by atoms with Gasteiger partial charge in [0.2, 0.25) is 0 Å². The van der Waals surface area contributed by atoms with Crippen LogP contribution in [0.4, 0.5) is 5.69 Å². The van der Waals surface area contributed by atoms with Crippen LogP contribution in [0.1, 0.15) is 32.8 Å². The van der Waals surface area contributed by atoms with Gasteiger partial charge in [-0.25, -0.2) is 0 Å². The SMILES string of the molecule is CCC(C)(C)NC(=O)COc1ccc(CN)cc1[N+](=O)[O-]. The summed E-state index contributed by atoms with van der Waals surface area (Å²) in [4.78, 5) is 22.2. The van der Waals surface area contributed by atoms with E-state index < -0.39 is 4.92 Å². The van der Waals surface area contributed by atoms with Gasteiger partial charge in [0.05, 0.1) is 4.92 Å². The van der Waals surface area contributed by atoms with E-state index in [9.17, 15) is 14.9 Å². The molecule has 0 spiro atoms. The lowest BCUT2D eigenvalue weighted by Gasteiger charge is -2.24. The first-order valence-electron chi connectivity index (χ1n) is 6.70. The average Bonchev–Trinajstić information content (AvgIpc) is 2.44. The van der Waals surface area contributed by atoms with E-state index >= 15 is 0 Å². The highest BCUT2D eigenvalue weighted by molar-refractivity contribution is 5.78. The zero-order valence-corrected chi connectivity index (χ0v) is 12.5. The second-order valence-electron chi connectivity index (χ2n) is 5.34. The number of nitrogens with two attached hydrogens (primary N) is 1. The van der Waals surface area contributed by atoms with Gasteiger partial charge in [0.25, 0.3) is 5.91 Å². The molecule has 0 aliphatic carbocycles. The van der Waals surface area contributed by atoms with Gasteiger partial charge in [0.1, 0.15) is 0 Å².